The van der Waals surface area contributed by atoms with E-state index in [1.807, 2.05) is 12.1 Å². The van der Waals surface area contributed by atoms with Crippen LogP contribution in [0.4, 0.5) is 0 Å². The summed E-state index contributed by atoms with van der Waals surface area (Å²) in [6, 6.07) is 66.3. The average molecular weight is 726 g/mol. The molecule has 0 fully saturated rings. The number of fused-ring (bicyclic) bond motifs is 10. The molecular formula is C53H31N3O. The van der Waals surface area contributed by atoms with Gasteiger partial charge in [0.15, 0.2) is 17.5 Å². The summed E-state index contributed by atoms with van der Waals surface area (Å²) in [5.41, 5.74) is 6.87. The van der Waals surface area contributed by atoms with E-state index >= 15 is 0 Å². The molecule has 0 saturated carbocycles. The number of furan rings is 1. The number of aromatic nitrogens is 3. The largest absolute Gasteiger partial charge is 0.456 e. The van der Waals surface area contributed by atoms with Gasteiger partial charge < -0.3 is 4.42 Å². The third-order valence-electron chi connectivity index (χ3n) is 11.5. The predicted octanol–water partition coefficient (Wildman–Crippen LogP) is 14.2. The van der Waals surface area contributed by atoms with Crippen LogP contribution >= 0.6 is 0 Å². The number of benzene rings is 10. The Balaban J connectivity index is 1.13. The zero-order valence-corrected chi connectivity index (χ0v) is 30.6. The molecule has 57 heavy (non-hydrogen) atoms. The summed E-state index contributed by atoms with van der Waals surface area (Å²) in [5, 5.41) is 13.8. The van der Waals surface area contributed by atoms with Gasteiger partial charge in [-0.25, -0.2) is 15.0 Å². The summed E-state index contributed by atoms with van der Waals surface area (Å²) < 4.78 is 6.31. The molecule has 12 rings (SSSR count). The van der Waals surface area contributed by atoms with Gasteiger partial charge in [0.05, 0.1) is 0 Å². The molecule has 12 aromatic rings. The second kappa shape index (κ2) is 12.4. The maximum Gasteiger partial charge on any atom is 0.164 e. The first kappa shape index (κ1) is 31.6. The second-order valence-electron chi connectivity index (χ2n) is 14.7. The van der Waals surface area contributed by atoms with E-state index in [0.717, 1.165) is 71.3 Å². The van der Waals surface area contributed by atoms with Gasteiger partial charge in [0.2, 0.25) is 0 Å². The Morgan fingerprint density at radius 3 is 1.61 bits per heavy atom. The van der Waals surface area contributed by atoms with E-state index in [2.05, 4.69) is 176 Å². The molecule has 264 valence electrons. The summed E-state index contributed by atoms with van der Waals surface area (Å²) in [4.78, 5) is 16.0. The first-order valence-electron chi connectivity index (χ1n) is 19.3. The molecule has 0 spiro atoms. The van der Waals surface area contributed by atoms with Crippen LogP contribution in [0.5, 0.6) is 0 Å². The highest BCUT2D eigenvalue weighted by Gasteiger charge is 2.20. The van der Waals surface area contributed by atoms with Crippen LogP contribution in [0.25, 0.3) is 121 Å². The third-order valence-corrected chi connectivity index (χ3v) is 11.5. The Bertz CT molecular complexity index is 3600. The van der Waals surface area contributed by atoms with E-state index in [4.69, 9.17) is 19.4 Å². The summed E-state index contributed by atoms with van der Waals surface area (Å²) in [6.45, 7) is 0. The van der Waals surface area contributed by atoms with Crippen molar-refractivity contribution in [2.24, 2.45) is 0 Å². The van der Waals surface area contributed by atoms with Crippen molar-refractivity contribution < 1.29 is 4.42 Å². The molecule has 0 N–H and O–H groups in total. The van der Waals surface area contributed by atoms with Crippen molar-refractivity contribution in [1.82, 2.24) is 15.0 Å². The molecule has 0 aliphatic carbocycles. The number of hydrogen-bond donors (Lipinski definition) is 0. The van der Waals surface area contributed by atoms with Crippen molar-refractivity contribution in [3.63, 3.8) is 0 Å². The lowest BCUT2D eigenvalue weighted by Gasteiger charge is -2.14. The minimum atomic E-state index is 0.625. The van der Waals surface area contributed by atoms with E-state index in [0.29, 0.717) is 17.5 Å². The van der Waals surface area contributed by atoms with E-state index in [1.54, 1.807) is 0 Å². The maximum atomic E-state index is 6.31. The highest BCUT2D eigenvalue weighted by atomic mass is 16.3. The second-order valence-corrected chi connectivity index (χ2v) is 14.7. The Labute approximate surface area is 327 Å². The van der Waals surface area contributed by atoms with Crippen molar-refractivity contribution in [1.29, 1.82) is 0 Å². The fourth-order valence-electron chi connectivity index (χ4n) is 8.87. The van der Waals surface area contributed by atoms with Crippen LogP contribution in [0.1, 0.15) is 0 Å². The average Bonchev–Trinajstić information content (AvgIpc) is 3.67. The van der Waals surface area contributed by atoms with Gasteiger partial charge in [0.25, 0.3) is 0 Å². The van der Waals surface area contributed by atoms with E-state index in [-0.39, 0.29) is 0 Å². The maximum absolute atomic E-state index is 6.31. The molecule has 2 aromatic heterocycles. The van der Waals surface area contributed by atoms with Gasteiger partial charge in [-0.3, -0.25) is 0 Å². The quantitative estimate of drug-likeness (QED) is 0.170. The van der Waals surface area contributed by atoms with Crippen molar-refractivity contribution >= 4 is 75.8 Å². The van der Waals surface area contributed by atoms with Gasteiger partial charge in [-0.1, -0.05) is 164 Å². The van der Waals surface area contributed by atoms with Crippen molar-refractivity contribution in [2.75, 3.05) is 0 Å². The van der Waals surface area contributed by atoms with Gasteiger partial charge in [-0.2, -0.15) is 0 Å². The zero-order chi connectivity index (χ0) is 37.5. The van der Waals surface area contributed by atoms with Crippen LogP contribution in [-0.2, 0) is 0 Å². The van der Waals surface area contributed by atoms with Crippen molar-refractivity contribution in [3.05, 3.63) is 188 Å². The van der Waals surface area contributed by atoms with Crippen molar-refractivity contribution in [3.8, 4) is 45.3 Å². The molecule has 0 unspecified atom stereocenters. The van der Waals surface area contributed by atoms with E-state index < -0.39 is 0 Å². The highest BCUT2D eigenvalue weighted by molar-refractivity contribution is 6.17. The van der Waals surface area contributed by atoms with Crippen LogP contribution in [0, 0.1) is 0 Å². The van der Waals surface area contributed by atoms with E-state index in [9.17, 15) is 0 Å². The monoisotopic (exact) mass is 725 g/mol. The Kier molecular flexibility index (Phi) is 6.89. The third kappa shape index (κ3) is 4.98. The highest BCUT2D eigenvalue weighted by Crippen LogP contribution is 2.42. The molecule has 10 aromatic carbocycles. The molecule has 4 nitrogen and oxygen atoms in total. The Hall–Kier alpha value is -7.69. The topological polar surface area (TPSA) is 51.8 Å². The molecule has 0 aliphatic rings. The number of para-hydroxylation sites is 1. The van der Waals surface area contributed by atoms with Gasteiger partial charge in [0, 0.05) is 27.5 Å². The minimum absolute atomic E-state index is 0.625. The van der Waals surface area contributed by atoms with Crippen LogP contribution in [-0.4, -0.2) is 15.0 Å². The molecule has 4 heteroatoms. The minimum Gasteiger partial charge on any atom is -0.456 e. The van der Waals surface area contributed by atoms with Gasteiger partial charge in [-0.05, 0) is 89.3 Å². The Morgan fingerprint density at radius 1 is 0.281 bits per heavy atom. The molecule has 2 heterocycles. The smallest absolute Gasteiger partial charge is 0.164 e. The lowest BCUT2D eigenvalue weighted by molar-refractivity contribution is 0.669. The standard InChI is InChI=1S/C53H31N3O/c1-3-14-36-32(12-1)26-27-33-28-29-35(31-46(33)36)51-54-52(56-53(55-51)47-30-34-13-2-4-15-37(34)38-16-5-6-17-42(38)47)44-23-10-19-39-40(20-9-21-41(39)44)43-22-11-25-49-50(43)45-18-7-8-24-48(45)57-49/h1-31H. The van der Waals surface area contributed by atoms with Crippen LogP contribution in [0.2, 0.25) is 0 Å². The number of nitrogens with zero attached hydrogens (tertiary/aromatic N) is 3. The van der Waals surface area contributed by atoms with Crippen LogP contribution in [0.15, 0.2) is 192 Å². The summed E-state index contributed by atoms with van der Waals surface area (Å²) in [7, 11) is 0. The first-order chi connectivity index (χ1) is 28.2. The fraction of sp³-hybridized carbons (Fsp3) is 0. The molecule has 0 amide bonds. The van der Waals surface area contributed by atoms with Gasteiger partial charge >= 0.3 is 0 Å². The molecule has 0 saturated heterocycles. The molecule has 0 bridgehead atoms. The van der Waals surface area contributed by atoms with E-state index in [1.165, 1.54) is 32.3 Å². The van der Waals surface area contributed by atoms with Crippen LogP contribution in [0.3, 0.4) is 0 Å². The van der Waals surface area contributed by atoms with Gasteiger partial charge in [0.1, 0.15) is 11.2 Å². The Morgan fingerprint density at radius 2 is 0.789 bits per heavy atom. The molecule has 0 radical (unpaired) electrons. The number of hydrogen-bond acceptors (Lipinski definition) is 4. The summed E-state index contributed by atoms with van der Waals surface area (Å²) in [5.74, 6) is 1.89. The van der Waals surface area contributed by atoms with Crippen LogP contribution < -0.4 is 0 Å². The fourth-order valence-corrected chi connectivity index (χ4v) is 8.87. The summed E-state index contributed by atoms with van der Waals surface area (Å²) >= 11 is 0. The molecular weight excluding hydrogens is 695 g/mol. The SMILES string of the molecule is c1ccc2c(c1)ccc1ccc(-c3nc(-c4cccc5c(-c6cccc7oc8ccccc8c67)cccc45)nc(-c4cc5ccccc5c5ccccc45)n3)cc12. The predicted molar refractivity (Wildman–Crippen MR) is 236 cm³/mol. The zero-order valence-electron chi connectivity index (χ0n) is 30.6. The van der Waals surface area contributed by atoms with Crippen molar-refractivity contribution in [2.45, 2.75) is 0 Å². The number of rotatable bonds is 4. The normalized spacial score (nSPS) is 11.9. The first-order valence-corrected chi connectivity index (χ1v) is 19.3. The van der Waals surface area contributed by atoms with Gasteiger partial charge in [-0.15, -0.1) is 0 Å². The lowest BCUT2D eigenvalue weighted by Crippen LogP contribution is -2.01. The lowest BCUT2D eigenvalue weighted by atomic mass is 9.92. The summed E-state index contributed by atoms with van der Waals surface area (Å²) in [6.07, 6.45) is 0. The molecule has 0 aliphatic heterocycles. The molecule has 0 atom stereocenters.